The normalized spacial score (nSPS) is 11.5. The van der Waals surface area contributed by atoms with Gasteiger partial charge in [-0.15, -0.1) is 0 Å². The van der Waals surface area contributed by atoms with Gasteiger partial charge < -0.3 is 14.6 Å². The number of carboxylic acids is 1. The number of ether oxygens (including phenoxy) is 2. The van der Waals surface area contributed by atoms with Gasteiger partial charge in [-0.2, -0.15) is 0 Å². The summed E-state index contributed by atoms with van der Waals surface area (Å²) in [7, 11) is 0. The lowest BCUT2D eigenvalue weighted by atomic mass is 10.1. The highest BCUT2D eigenvalue weighted by Gasteiger charge is 2.21. The van der Waals surface area contributed by atoms with Crippen molar-refractivity contribution in [1.29, 1.82) is 0 Å². The molecule has 1 aromatic carbocycles. The molecule has 6 heteroatoms. The van der Waals surface area contributed by atoms with Gasteiger partial charge in [0, 0.05) is 20.3 Å². The molecule has 0 spiro atoms. The van der Waals surface area contributed by atoms with Crippen LogP contribution in [0.3, 0.4) is 0 Å². The summed E-state index contributed by atoms with van der Waals surface area (Å²) in [6.07, 6.45) is -1.17. The molecule has 1 rings (SSSR count). The molecule has 0 saturated carbocycles. The Morgan fingerprint density at radius 2 is 1.68 bits per heavy atom. The molecule has 0 amide bonds. The van der Waals surface area contributed by atoms with Crippen LogP contribution in [-0.2, 0) is 25.5 Å². The topological polar surface area (TPSA) is 89.9 Å². The average molecular weight is 266 g/mol. The van der Waals surface area contributed by atoms with Gasteiger partial charge in [0.1, 0.15) is 5.75 Å². The molecule has 1 N–H and O–H groups in total. The van der Waals surface area contributed by atoms with Crippen molar-refractivity contribution >= 4 is 17.9 Å². The van der Waals surface area contributed by atoms with E-state index in [0.717, 1.165) is 6.92 Å². The van der Waals surface area contributed by atoms with Crippen LogP contribution in [-0.4, -0.2) is 29.1 Å². The largest absolute Gasteiger partial charge is 0.478 e. The molecule has 19 heavy (non-hydrogen) atoms. The van der Waals surface area contributed by atoms with Gasteiger partial charge in [0.2, 0.25) is 6.10 Å². The molecule has 0 aliphatic heterocycles. The molecule has 0 heterocycles. The van der Waals surface area contributed by atoms with Gasteiger partial charge in [0.15, 0.2) is 0 Å². The van der Waals surface area contributed by atoms with Gasteiger partial charge in [-0.25, -0.2) is 4.79 Å². The lowest BCUT2D eigenvalue weighted by Gasteiger charge is -2.12. The van der Waals surface area contributed by atoms with Crippen LogP contribution >= 0.6 is 0 Å². The van der Waals surface area contributed by atoms with Crippen LogP contribution in [0.15, 0.2) is 24.3 Å². The monoisotopic (exact) mass is 266 g/mol. The number of carbonyl (C=O) groups excluding carboxylic acids is 2. The number of carbonyl (C=O) groups is 3. The maximum absolute atomic E-state index is 10.9. The van der Waals surface area contributed by atoms with Gasteiger partial charge in [-0.05, 0) is 17.7 Å². The second kappa shape index (κ2) is 6.53. The smallest absolute Gasteiger partial charge is 0.345 e. The van der Waals surface area contributed by atoms with E-state index in [9.17, 15) is 14.4 Å². The molecule has 1 aromatic rings. The predicted octanol–water partition coefficient (Wildman–Crippen LogP) is 1.17. The van der Waals surface area contributed by atoms with Gasteiger partial charge >= 0.3 is 17.9 Å². The summed E-state index contributed by atoms with van der Waals surface area (Å²) in [6.45, 7) is 2.44. The zero-order valence-electron chi connectivity index (χ0n) is 10.6. The van der Waals surface area contributed by atoms with Crippen LogP contribution in [0.2, 0.25) is 0 Å². The van der Waals surface area contributed by atoms with E-state index in [1.54, 1.807) is 24.3 Å². The minimum absolute atomic E-state index is 0.0509. The summed E-state index contributed by atoms with van der Waals surface area (Å²) in [6, 6.07) is 6.31. The van der Waals surface area contributed by atoms with Crippen molar-refractivity contribution in [2.45, 2.75) is 26.4 Å². The summed E-state index contributed by atoms with van der Waals surface area (Å²) in [5, 5.41) is 8.91. The van der Waals surface area contributed by atoms with Crippen LogP contribution in [0.1, 0.15) is 19.4 Å². The first kappa shape index (κ1) is 14.7. The molecule has 102 valence electrons. The predicted molar refractivity (Wildman–Crippen MR) is 64.6 cm³/mol. The number of hydrogen-bond acceptors (Lipinski definition) is 5. The first-order chi connectivity index (χ1) is 8.88. The van der Waals surface area contributed by atoms with Crippen molar-refractivity contribution in [2.24, 2.45) is 0 Å². The number of rotatable bonds is 5. The van der Waals surface area contributed by atoms with E-state index in [0.29, 0.717) is 11.3 Å². The highest BCUT2D eigenvalue weighted by molar-refractivity contribution is 5.77. The number of carboxylic acid groups (broad SMARTS) is 1. The van der Waals surface area contributed by atoms with Gasteiger partial charge in [-0.1, -0.05) is 12.1 Å². The molecule has 0 bridgehead atoms. The summed E-state index contributed by atoms with van der Waals surface area (Å²) >= 11 is 0. The van der Waals surface area contributed by atoms with E-state index in [4.69, 9.17) is 9.84 Å². The Hall–Kier alpha value is -2.37. The van der Waals surface area contributed by atoms with Crippen molar-refractivity contribution in [3.63, 3.8) is 0 Å². The number of esters is 2. The number of benzene rings is 1. The van der Waals surface area contributed by atoms with Crippen molar-refractivity contribution in [3.8, 4) is 5.75 Å². The molecular weight excluding hydrogens is 252 g/mol. The van der Waals surface area contributed by atoms with E-state index in [1.807, 2.05) is 0 Å². The third kappa shape index (κ3) is 5.20. The first-order valence-corrected chi connectivity index (χ1v) is 5.56. The zero-order chi connectivity index (χ0) is 14.4. The molecule has 0 aliphatic rings. The SMILES string of the molecule is CC(=O)Oc1ccc(C[C@H](OC(C)=O)C(=O)O)cc1. The molecule has 0 saturated heterocycles. The van der Waals surface area contributed by atoms with E-state index < -0.39 is 24.0 Å². The third-order valence-electron chi connectivity index (χ3n) is 2.19. The molecule has 1 atom stereocenters. The quantitative estimate of drug-likeness (QED) is 0.635. The lowest BCUT2D eigenvalue weighted by molar-refractivity contribution is -0.162. The Morgan fingerprint density at radius 1 is 1.11 bits per heavy atom. The molecule has 0 unspecified atom stereocenters. The molecular formula is C13H14O6. The van der Waals surface area contributed by atoms with E-state index >= 15 is 0 Å². The molecule has 6 nitrogen and oxygen atoms in total. The zero-order valence-corrected chi connectivity index (χ0v) is 10.6. The van der Waals surface area contributed by atoms with Crippen molar-refractivity contribution in [2.75, 3.05) is 0 Å². The van der Waals surface area contributed by atoms with Crippen molar-refractivity contribution < 1.29 is 29.0 Å². The average Bonchev–Trinajstić information content (AvgIpc) is 2.29. The van der Waals surface area contributed by atoms with Crippen LogP contribution in [0.4, 0.5) is 0 Å². The Morgan fingerprint density at radius 3 is 2.11 bits per heavy atom. The fourth-order valence-corrected chi connectivity index (χ4v) is 1.45. The molecule has 0 aliphatic carbocycles. The maximum atomic E-state index is 10.9. The summed E-state index contributed by atoms with van der Waals surface area (Å²) in [4.78, 5) is 32.4. The van der Waals surface area contributed by atoms with E-state index in [-0.39, 0.29) is 6.42 Å². The van der Waals surface area contributed by atoms with Gasteiger partial charge in [0.05, 0.1) is 0 Å². The standard InChI is InChI=1S/C13H14O6/c1-8(14)18-11-5-3-10(4-6-11)7-12(13(16)17)19-9(2)15/h3-6,12H,7H2,1-2H3,(H,16,17)/t12-/m0/s1. The van der Waals surface area contributed by atoms with Crippen molar-refractivity contribution in [1.82, 2.24) is 0 Å². The fourth-order valence-electron chi connectivity index (χ4n) is 1.45. The Labute approximate surface area is 109 Å². The highest BCUT2D eigenvalue weighted by Crippen LogP contribution is 2.14. The summed E-state index contributed by atoms with van der Waals surface area (Å²) in [5.74, 6) is -1.92. The fraction of sp³-hybridized carbons (Fsp3) is 0.308. The lowest BCUT2D eigenvalue weighted by Crippen LogP contribution is -2.28. The summed E-state index contributed by atoms with van der Waals surface area (Å²) in [5.41, 5.74) is 0.657. The van der Waals surface area contributed by atoms with Crippen LogP contribution in [0.5, 0.6) is 5.75 Å². The Bertz CT molecular complexity index is 476. The van der Waals surface area contributed by atoms with Crippen LogP contribution < -0.4 is 4.74 Å². The van der Waals surface area contributed by atoms with E-state index in [1.165, 1.54) is 6.92 Å². The van der Waals surface area contributed by atoms with Gasteiger partial charge in [0.25, 0.3) is 0 Å². The number of hydrogen-bond donors (Lipinski definition) is 1. The van der Waals surface area contributed by atoms with Crippen LogP contribution in [0, 0.1) is 0 Å². The number of aliphatic carboxylic acids is 1. The molecule has 0 fully saturated rings. The van der Waals surface area contributed by atoms with Crippen molar-refractivity contribution in [3.05, 3.63) is 29.8 Å². The van der Waals surface area contributed by atoms with Crippen LogP contribution in [0.25, 0.3) is 0 Å². The Balaban J connectivity index is 2.72. The Kier molecular flexibility index (Phi) is 5.05. The molecule has 0 radical (unpaired) electrons. The van der Waals surface area contributed by atoms with Gasteiger partial charge in [-0.3, -0.25) is 9.59 Å². The molecule has 0 aromatic heterocycles. The minimum atomic E-state index is -1.22. The summed E-state index contributed by atoms with van der Waals surface area (Å²) < 4.78 is 9.53. The first-order valence-electron chi connectivity index (χ1n) is 5.56. The highest BCUT2D eigenvalue weighted by atomic mass is 16.6. The van der Waals surface area contributed by atoms with E-state index in [2.05, 4.69) is 4.74 Å². The second-order valence-corrected chi connectivity index (χ2v) is 3.88. The third-order valence-corrected chi connectivity index (χ3v) is 2.19. The minimum Gasteiger partial charge on any atom is -0.478 e. The second-order valence-electron chi connectivity index (χ2n) is 3.88. The maximum Gasteiger partial charge on any atom is 0.345 e.